The number of hydrogen-bond donors (Lipinski definition) is 2. The Morgan fingerprint density at radius 1 is 1.19 bits per heavy atom. The minimum atomic E-state index is -1.08. The third-order valence-electron chi connectivity index (χ3n) is 6.57. The highest BCUT2D eigenvalue weighted by molar-refractivity contribution is 6.01. The third kappa shape index (κ3) is 4.37. The molecule has 0 radical (unpaired) electrons. The van der Waals surface area contributed by atoms with E-state index in [2.05, 4.69) is 20.7 Å². The molecule has 0 saturated heterocycles. The number of pyridine rings is 1. The highest BCUT2D eigenvalue weighted by Crippen LogP contribution is 2.27. The van der Waals surface area contributed by atoms with Crippen LogP contribution in [0.25, 0.3) is 0 Å². The van der Waals surface area contributed by atoms with E-state index in [1.54, 1.807) is 26.2 Å². The molecule has 1 saturated carbocycles. The van der Waals surface area contributed by atoms with E-state index in [1.165, 1.54) is 28.5 Å². The number of nitrogens with zero attached hydrogens (tertiary/aromatic N) is 4. The zero-order valence-corrected chi connectivity index (χ0v) is 18.6. The summed E-state index contributed by atoms with van der Waals surface area (Å²) < 4.78 is 1.48. The molecule has 1 atom stereocenters. The number of rotatable bonds is 5. The maximum atomic E-state index is 13.2. The van der Waals surface area contributed by atoms with Gasteiger partial charge >= 0.3 is 0 Å². The highest BCUT2D eigenvalue weighted by Gasteiger charge is 2.46. The van der Waals surface area contributed by atoms with Crippen molar-refractivity contribution in [3.63, 3.8) is 0 Å². The summed E-state index contributed by atoms with van der Waals surface area (Å²) in [6.07, 6.45) is 8.20. The van der Waals surface area contributed by atoms with E-state index in [0.717, 1.165) is 31.4 Å². The number of amides is 3. The lowest BCUT2D eigenvalue weighted by Gasteiger charge is -2.41. The minimum absolute atomic E-state index is 0.136. The molecule has 9 nitrogen and oxygen atoms in total. The molecule has 170 valence electrons. The Balaban J connectivity index is 1.48. The zero-order chi connectivity index (χ0) is 22.7. The Bertz CT molecular complexity index is 996. The summed E-state index contributed by atoms with van der Waals surface area (Å²) in [5.41, 5.74) is 0.0918. The molecule has 0 bridgehead atoms. The average molecular weight is 439 g/mol. The molecule has 1 fully saturated rings. The van der Waals surface area contributed by atoms with E-state index in [-0.39, 0.29) is 36.6 Å². The predicted molar refractivity (Wildman–Crippen MR) is 118 cm³/mol. The van der Waals surface area contributed by atoms with Gasteiger partial charge < -0.3 is 15.5 Å². The van der Waals surface area contributed by atoms with Gasteiger partial charge in [0.2, 0.25) is 5.91 Å². The summed E-state index contributed by atoms with van der Waals surface area (Å²) in [7, 11) is 1.63. The smallest absolute Gasteiger partial charge is 0.272 e. The van der Waals surface area contributed by atoms with Gasteiger partial charge in [-0.2, -0.15) is 5.10 Å². The molecule has 0 unspecified atom stereocenters. The summed E-state index contributed by atoms with van der Waals surface area (Å²) in [4.78, 5) is 44.5. The van der Waals surface area contributed by atoms with Gasteiger partial charge in [-0.3, -0.25) is 24.0 Å². The fourth-order valence-corrected chi connectivity index (χ4v) is 4.37. The largest absolute Gasteiger partial charge is 0.351 e. The molecule has 32 heavy (non-hydrogen) atoms. The Hall–Kier alpha value is -3.23. The molecule has 9 heteroatoms. The minimum Gasteiger partial charge on any atom is -0.351 e. The van der Waals surface area contributed by atoms with E-state index in [0.29, 0.717) is 5.69 Å². The zero-order valence-electron chi connectivity index (χ0n) is 18.6. The van der Waals surface area contributed by atoms with Gasteiger partial charge in [-0.25, -0.2) is 0 Å². The van der Waals surface area contributed by atoms with Crippen LogP contribution in [0.2, 0.25) is 0 Å². The fraction of sp³-hybridized carbons (Fsp3) is 0.522. The number of carbonyl (C=O) groups is 3. The number of fused-ring (bicyclic) bond motifs is 1. The average Bonchev–Trinajstić information content (AvgIpc) is 3.05. The maximum Gasteiger partial charge on any atom is 0.272 e. The lowest BCUT2D eigenvalue weighted by Crippen LogP contribution is -2.63. The lowest BCUT2D eigenvalue weighted by atomic mass is 9.95. The van der Waals surface area contributed by atoms with Gasteiger partial charge in [0.25, 0.3) is 11.8 Å². The monoisotopic (exact) mass is 438 g/mol. The SMILES string of the molecule is CN1C(=O)c2cc(C(=O)NCc3ccccn3)nn2C[C@]1(C)C(=O)NC1CCCCCC1. The van der Waals surface area contributed by atoms with Crippen LogP contribution >= 0.6 is 0 Å². The van der Waals surface area contributed by atoms with Gasteiger partial charge in [-0.1, -0.05) is 31.7 Å². The van der Waals surface area contributed by atoms with E-state index in [1.807, 2.05) is 12.1 Å². The molecule has 2 N–H and O–H groups in total. The first-order valence-corrected chi connectivity index (χ1v) is 11.2. The Morgan fingerprint density at radius 2 is 1.94 bits per heavy atom. The number of carbonyl (C=O) groups excluding carboxylic acids is 3. The van der Waals surface area contributed by atoms with Gasteiger partial charge in [-0.05, 0) is 31.9 Å². The molecule has 2 aliphatic rings. The number of likely N-dealkylation sites (N-methyl/N-ethyl adjacent to an activating group) is 1. The second-order valence-corrected chi connectivity index (χ2v) is 8.88. The number of aromatic nitrogens is 3. The first kappa shape index (κ1) is 22.0. The van der Waals surface area contributed by atoms with Gasteiger partial charge in [0.1, 0.15) is 11.2 Å². The van der Waals surface area contributed by atoms with Crippen LogP contribution in [0.3, 0.4) is 0 Å². The van der Waals surface area contributed by atoms with Crippen LogP contribution in [-0.2, 0) is 17.9 Å². The standard InChI is InChI=1S/C23H30N6O3/c1-23(22(32)26-16-9-5-3-4-6-10-16)15-29-19(21(31)28(23)2)13-18(27-29)20(30)25-14-17-11-7-8-12-24-17/h7-8,11-13,16H,3-6,9-10,14-15H2,1-2H3,(H,25,30)(H,26,32)/t23-/m1/s1. The molecule has 0 spiro atoms. The number of nitrogens with one attached hydrogen (secondary N) is 2. The van der Waals surface area contributed by atoms with Crippen LogP contribution in [0, 0.1) is 0 Å². The first-order chi connectivity index (χ1) is 15.4. The van der Waals surface area contributed by atoms with E-state index < -0.39 is 11.4 Å². The quantitative estimate of drug-likeness (QED) is 0.693. The summed E-state index contributed by atoms with van der Waals surface area (Å²) in [5.74, 6) is -0.897. The predicted octanol–water partition coefficient (Wildman–Crippen LogP) is 1.89. The molecule has 3 amide bonds. The van der Waals surface area contributed by atoms with Crippen molar-refractivity contribution in [2.24, 2.45) is 0 Å². The Kier molecular flexibility index (Phi) is 6.25. The fourth-order valence-electron chi connectivity index (χ4n) is 4.37. The van der Waals surface area contributed by atoms with Crippen molar-refractivity contribution in [3.8, 4) is 0 Å². The van der Waals surface area contributed by atoms with Crippen LogP contribution in [0.15, 0.2) is 30.5 Å². The van der Waals surface area contributed by atoms with E-state index in [4.69, 9.17) is 0 Å². The van der Waals surface area contributed by atoms with Gasteiger partial charge in [0, 0.05) is 25.4 Å². The van der Waals surface area contributed by atoms with Gasteiger partial charge in [0.05, 0.1) is 18.8 Å². The van der Waals surface area contributed by atoms with Crippen molar-refractivity contribution in [1.82, 2.24) is 30.3 Å². The molecule has 1 aliphatic heterocycles. The molecule has 2 aromatic heterocycles. The van der Waals surface area contributed by atoms with Gasteiger partial charge in [0.15, 0.2) is 5.69 Å². The second-order valence-electron chi connectivity index (χ2n) is 8.88. The first-order valence-electron chi connectivity index (χ1n) is 11.2. The summed E-state index contributed by atoms with van der Waals surface area (Å²) in [6, 6.07) is 7.08. The maximum absolute atomic E-state index is 13.2. The molecule has 3 heterocycles. The molecule has 4 rings (SSSR count). The van der Waals surface area contributed by atoms with Crippen LogP contribution in [0.4, 0.5) is 0 Å². The van der Waals surface area contributed by atoms with Crippen molar-refractivity contribution >= 4 is 17.7 Å². The van der Waals surface area contributed by atoms with Crippen LogP contribution < -0.4 is 10.6 Å². The molecule has 2 aromatic rings. The summed E-state index contributed by atoms with van der Waals surface area (Å²) in [6.45, 7) is 2.20. The summed E-state index contributed by atoms with van der Waals surface area (Å²) in [5, 5.41) is 10.3. The van der Waals surface area contributed by atoms with Crippen molar-refractivity contribution in [2.75, 3.05) is 7.05 Å². The van der Waals surface area contributed by atoms with Crippen LogP contribution in [0.1, 0.15) is 72.1 Å². The lowest BCUT2D eigenvalue weighted by molar-refractivity contribution is -0.133. The van der Waals surface area contributed by atoms with Crippen LogP contribution in [0.5, 0.6) is 0 Å². The Morgan fingerprint density at radius 3 is 2.62 bits per heavy atom. The van der Waals surface area contributed by atoms with E-state index >= 15 is 0 Å². The Labute approximate surface area is 187 Å². The van der Waals surface area contributed by atoms with Gasteiger partial charge in [-0.15, -0.1) is 0 Å². The summed E-state index contributed by atoms with van der Waals surface area (Å²) >= 11 is 0. The number of hydrogen-bond acceptors (Lipinski definition) is 5. The second kappa shape index (κ2) is 9.10. The molecule has 0 aromatic carbocycles. The molecular weight excluding hydrogens is 408 g/mol. The van der Waals surface area contributed by atoms with Crippen molar-refractivity contribution in [2.45, 2.75) is 70.1 Å². The van der Waals surface area contributed by atoms with Crippen molar-refractivity contribution in [3.05, 3.63) is 47.5 Å². The topological polar surface area (TPSA) is 109 Å². The van der Waals surface area contributed by atoms with Crippen molar-refractivity contribution in [1.29, 1.82) is 0 Å². The van der Waals surface area contributed by atoms with Crippen LogP contribution in [-0.4, -0.2) is 56.0 Å². The van der Waals surface area contributed by atoms with E-state index in [9.17, 15) is 14.4 Å². The molecular formula is C23H30N6O3. The third-order valence-corrected chi connectivity index (χ3v) is 6.57. The molecule has 1 aliphatic carbocycles. The normalized spacial score (nSPS) is 21.6. The highest BCUT2D eigenvalue weighted by atomic mass is 16.2. The van der Waals surface area contributed by atoms with Crippen molar-refractivity contribution < 1.29 is 14.4 Å².